The zero-order chi connectivity index (χ0) is 23.5. The Morgan fingerprint density at radius 1 is 0.765 bits per heavy atom. The second kappa shape index (κ2) is 9.38. The first kappa shape index (κ1) is 21.7. The average Bonchev–Trinajstić information content (AvgIpc) is 3.22. The Labute approximate surface area is 203 Å². The number of nitrogens with two attached hydrogens (primary N) is 2. The van der Waals surface area contributed by atoms with E-state index in [-0.39, 0.29) is 5.84 Å². The molecule has 0 aliphatic carbocycles. The van der Waals surface area contributed by atoms with E-state index in [1.165, 1.54) is 26.1 Å². The molecule has 166 valence electrons. The van der Waals surface area contributed by atoms with Crippen LogP contribution in [-0.2, 0) is 6.42 Å². The summed E-state index contributed by atoms with van der Waals surface area (Å²) >= 11 is 1.82. The number of benzene rings is 4. The van der Waals surface area contributed by atoms with Crippen LogP contribution in [0.15, 0.2) is 103 Å². The van der Waals surface area contributed by atoms with E-state index < -0.39 is 0 Å². The van der Waals surface area contributed by atoms with Gasteiger partial charge in [0.1, 0.15) is 5.84 Å². The highest BCUT2D eigenvalue weighted by Crippen LogP contribution is 2.34. The minimum Gasteiger partial charge on any atom is -0.405 e. The maximum atomic E-state index is 7.98. The van der Waals surface area contributed by atoms with Gasteiger partial charge in [-0.05, 0) is 69.9 Å². The minimum absolute atomic E-state index is 0.0703. The number of hydrogen-bond donors (Lipinski definition) is 3. The van der Waals surface area contributed by atoms with Gasteiger partial charge in [0.15, 0.2) is 0 Å². The SMILES string of the molecule is N=C(N)c1cc(-c2ccccc2)cc(-c2ccc(Cc3sc4ccccc4c3/C=C\N)cc2)c1. The highest BCUT2D eigenvalue weighted by Gasteiger charge is 2.11. The molecule has 5 aromatic rings. The number of nitrogen functional groups attached to an aromatic ring is 1. The molecule has 4 heteroatoms. The lowest BCUT2D eigenvalue weighted by Crippen LogP contribution is -2.11. The predicted octanol–water partition coefficient (Wildman–Crippen LogP) is 7.04. The molecule has 5 N–H and O–H groups in total. The number of rotatable bonds is 6. The summed E-state index contributed by atoms with van der Waals surface area (Å²) < 4.78 is 1.27. The van der Waals surface area contributed by atoms with E-state index in [1.807, 2.05) is 47.7 Å². The normalized spacial score (nSPS) is 11.3. The molecule has 0 amide bonds. The van der Waals surface area contributed by atoms with Crippen LogP contribution in [0.1, 0.15) is 21.6 Å². The van der Waals surface area contributed by atoms with Crippen LogP contribution in [0, 0.1) is 5.41 Å². The van der Waals surface area contributed by atoms with Crippen LogP contribution < -0.4 is 11.5 Å². The number of amidine groups is 1. The van der Waals surface area contributed by atoms with Crippen molar-refractivity contribution in [3.8, 4) is 22.3 Å². The van der Waals surface area contributed by atoms with E-state index in [2.05, 4.69) is 66.7 Å². The van der Waals surface area contributed by atoms with Crippen LogP contribution >= 0.6 is 11.3 Å². The average molecular weight is 460 g/mol. The lowest BCUT2D eigenvalue weighted by atomic mass is 9.95. The predicted molar refractivity (Wildman–Crippen MR) is 146 cm³/mol. The molecular weight excluding hydrogens is 434 g/mol. The van der Waals surface area contributed by atoms with Crippen molar-refractivity contribution in [2.24, 2.45) is 11.5 Å². The maximum Gasteiger partial charge on any atom is 0.122 e. The highest BCUT2D eigenvalue weighted by atomic mass is 32.1. The van der Waals surface area contributed by atoms with Gasteiger partial charge in [-0.15, -0.1) is 11.3 Å². The fourth-order valence-corrected chi connectivity index (χ4v) is 5.50. The third-order valence-corrected chi connectivity index (χ3v) is 7.16. The molecule has 0 unspecified atom stereocenters. The molecule has 4 aromatic carbocycles. The van der Waals surface area contributed by atoms with Gasteiger partial charge in [0, 0.05) is 26.9 Å². The van der Waals surface area contributed by atoms with Crippen LogP contribution in [0.3, 0.4) is 0 Å². The van der Waals surface area contributed by atoms with E-state index in [0.717, 1.165) is 34.2 Å². The largest absolute Gasteiger partial charge is 0.405 e. The maximum absolute atomic E-state index is 7.98. The van der Waals surface area contributed by atoms with Crippen molar-refractivity contribution in [1.29, 1.82) is 5.41 Å². The molecule has 0 aliphatic heterocycles. The Morgan fingerprint density at radius 2 is 1.41 bits per heavy atom. The molecule has 0 spiro atoms. The lowest BCUT2D eigenvalue weighted by molar-refractivity contribution is 1.24. The zero-order valence-corrected chi connectivity index (χ0v) is 19.5. The Morgan fingerprint density at radius 3 is 2.09 bits per heavy atom. The highest BCUT2D eigenvalue weighted by molar-refractivity contribution is 7.19. The minimum atomic E-state index is 0.0703. The molecule has 0 radical (unpaired) electrons. The summed E-state index contributed by atoms with van der Waals surface area (Å²) in [7, 11) is 0. The van der Waals surface area contributed by atoms with Gasteiger partial charge in [-0.25, -0.2) is 0 Å². The van der Waals surface area contributed by atoms with Crippen LogP contribution in [-0.4, -0.2) is 5.84 Å². The van der Waals surface area contributed by atoms with Gasteiger partial charge < -0.3 is 11.5 Å². The first-order valence-corrected chi connectivity index (χ1v) is 12.0. The first-order valence-electron chi connectivity index (χ1n) is 11.2. The number of thiophene rings is 1. The quantitative estimate of drug-likeness (QED) is 0.188. The van der Waals surface area contributed by atoms with Crippen molar-refractivity contribution in [1.82, 2.24) is 0 Å². The third-order valence-electron chi connectivity index (χ3n) is 5.98. The third kappa shape index (κ3) is 4.36. The van der Waals surface area contributed by atoms with Crippen molar-refractivity contribution in [2.45, 2.75) is 6.42 Å². The number of fused-ring (bicyclic) bond motifs is 1. The monoisotopic (exact) mass is 459 g/mol. The van der Waals surface area contributed by atoms with Gasteiger partial charge in [0.25, 0.3) is 0 Å². The van der Waals surface area contributed by atoms with Gasteiger partial charge in [-0.1, -0.05) is 72.8 Å². The van der Waals surface area contributed by atoms with Crippen LogP contribution in [0.4, 0.5) is 0 Å². The molecule has 0 bridgehead atoms. The van der Waals surface area contributed by atoms with Gasteiger partial charge in [-0.3, -0.25) is 5.41 Å². The van der Waals surface area contributed by atoms with E-state index in [0.29, 0.717) is 0 Å². The second-order valence-corrected chi connectivity index (χ2v) is 9.38. The molecular formula is C30H25N3S. The topological polar surface area (TPSA) is 75.9 Å². The molecule has 0 fully saturated rings. The molecule has 1 aromatic heterocycles. The Hall–Kier alpha value is -4.15. The number of nitrogens with one attached hydrogen (secondary N) is 1. The van der Waals surface area contributed by atoms with E-state index >= 15 is 0 Å². The van der Waals surface area contributed by atoms with Crippen molar-refractivity contribution in [2.75, 3.05) is 0 Å². The molecule has 0 saturated carbocycles. The molecule has 3 nitrogen and oxygen atoms in total. The molecule has 1 heterocycles. The first-order chi connectivity index (χ1) is 16.6. The lowest BCUT2D eigenvalue weighted by Gasteiger charge is -2.11. The van der Waals surface area contributed by atoms with E-state index in [1.54, 1.807) is 6.20 Å². The number of hydrogen-bond acceptors (Lipinski definition) is 3. The Kier molecular flexibility index (Phi) is 5.98. The van der Waals surface area contributed by atoms with Crippen LogP contribution in [0.25, 0.3) is 38.4 Å². The van der Waals surface area contributed by atoms with Crippen molar-refractivity contribution in [3.05, 3.63) is 125 Å². The summed E-state index contributed by atoms with van der Waals surface area (Å²) in [4.78, 5) is 1.31. The van der Waals surface area contributed by atoms with Crippen molar-refractivity contribution < 1.29 is 0 Å². The molecule has 0 aliphatic rings. The molecule has 0 saturated heterocycles. The summed E-state index contributed by atoms with van der Waals surface area (Å²) in [5.74, 6) is 0.0703. The molecule has 34 heavy (non-hydrogen) atoms. The summed E-state index contributed by atoms with van der Waals surface area (Å²) in [6, 6.07) is 33.4. The van der Waals surface area contributed by atoms with Gasteiger partial charge in [0.05, 0.1) is 0 Å². The fourth-order valence-electron chi connectivity index (χ4n) is 4.27. The smallest absolute Gasteiger partial charge is 0.122 e. The van der Waals surface area contributed by atoms with Crippen molar-refractivity contribution >= 4 is 33.3 Å². The van der Waals surface area contributed by atoms with E-state index in [9.17, 15) is 0 Å². The zero-order valence-electron chi connectivity index (χ0n) is 18.7. The standard InChI is InChI=1S/C30H25N3S/c31-15-14-27-26-8-4-5-9-28(26)34-29(27)16-20-10-12-22(13-11-20)24-17-23(18-25(19-24)30(32)33)21-6-2-1-3-7-21/h1-15,17-19H,16,31H2,(H3,32,33)/b15-14-. The van der Waals surface area contributed by atoms with Crippen LogP contribution in [0.2, 0.25) is 0 Å². The van der Waals surface area contributed by atoms with Crippen molar-refractivity contribution in [3.63, 3.8) is 0 Å². The van der Waals surface area contributed by atoms with Gasteiger partial charge in [-0.2, -0.15) is 0 Å². The van der Waals surface area contributed by atoms with Gasteiger partial charge in [0.2, 0.25) is 0 Å². The summed E-state index contributed by atoms with van der Waals surface area (Å²) in [6.07, 6.45) is 4.47. The summed E-state index contributed by atoms with van der Waals surface area (Å²) in [5, 5.41) is 9.22. The Balaban J connectivity index is 1.48. The summed E-state index contributed by atoms with van der Waals surface area (Å²) in [5.41, 5.74) is 19.1. The molecule has 5 rings (SSSR count). The Bertz CT molecular complexity index is 1500. The summed E-state index contributed by atoms with van der Waals surface area (Å²) in [6.45, 7) is 0. The van der Waals surface area contributed by atoms with Gasteiger partial charge >= 0.3 is 0 Å². The fraction of sp³-hybridized carbons (Fsp3) is 0.0333. The molecule has 0 atom stereocenters. The van der Waals surface area contributed by atoms with E-state index in [4.69, 9.17) is 16.9 Å². The van der Waals surface area contributed by atoms with Crippen LogP contribution in [0.5, 0.6) is 0 Å². The second-order valence-electron chi connectivity index (χ2n) is 8.25.